The molecule has 0 saturated heterocycles. The quantitative estimate of drug-likeness (QED) is 0.757. The molecular formula is C13H15BrO. The van der Waals surface area contributed by atoms with E-state index in [9.17, 15) is 0 Å². The van der Waals surface area contributed by atoms with Gasteiger partial charge >= 0.3 is 0 Å². The van der Waals surface area contributed by atoms with Crippen LogP contribution in [0.2, 0.25) is 0 Å². The van der Waals surface area contributed by atoms with Crippen molar-refractivity contribution in [2.45, 2.75) is 19.3 Å². The van der Waals surface area contributed by atoms with E-state index in [1.165, 1.54) is 23.1 Å². The van der Waals surface area contributed by atoms with Crippen LogP contribution < -0.4 is 4.74 Å². The summed E-state index contributed by atoms with van der Waals surface area (Å²) < 4.78 is 5.24. The van der Waals surface area contributed by atoms with Crippen molar-refractivity contribution in [3.05, 3.63) is 34.9 Å². The highest BCUT2D eigenvalue weighted by molar-refractivity contribution is 9.09. The average Bonchev–Trinajstić information content (AvgIpc) is 2.28. The number of halogens is 1. The van der Waals surface area contributed by atoms with Crippen molar-refractivity contribution in [2.24, 2.45) is 0 Å². The lowest BCUT2D eigenvalue weighted by Crippen LogP contribution is -2.00. The first-order valence-corrected chi connectivity index (χ1v) is 6.38. The molecule has 1 aliphatic carbocycles. The van der Waals surface area contributed by atoms with Crippen LogP contribution in [0.15, 0.2) is 23.8 Å². The molecule has 0 radical (unpaired) electrons. The Morgan fingerprint density at radius 1 is 1.33 bits per heavy atom. The minimum Gasteiger partial charge on any atom is -0.497 e. The normalized spacial score (nSPS) is 14.4. The molecule has 80 valence electrons. The van der Waals surface area contributed by atoms with E-state index in [0.29, 0.717) is 0 Å². The van der Waals surface area contributed by atoms with Gasteiger partial charge in [0.2, 0.25) is 0 Å². The van der Waals surface area contributed by atoms with E-state index >= 15 is 0 Å². The van der Waals surface area contributed by atoms with Gasteiger partial charge in [-0.1, -0.05) is 33.6 Å². The first kappa shape index (κ1) is 10.7. The number of benzene rings is 1. The molecular weight excluding hydrogens is 252 g/mol. The lowest BCUT2D eigenvalue weighted by atomic mass is 9.91. The Labute approximate surface area is 99.3 Å². The standard InChI is InChI=1S/C13H15BrO/c1-15-13-5-4-11-3-2-10(6-7-14)8-12(11)9-13/h4-5,8-9H,2-3,6-7H2,1H3. The number of hydrogen-bond acceptors (Lipinski definition) is 1. The number of allylic oxidation sites excluding steroid dienone is 1. The highest BCUT2D eigenvalue weighted by Gasteiger charge is 2.10. The SMILES string of the molecule is COc1ccc2c(c1)C=C(CCBr)CC2. The van der Waals surface area contributed by atoms with Crippen LogP contribution in [0.1, 0.15) is 24.0 Å². The summed E-state index contributed by atoms with van der Waals surface area (Å²) in [4.78, 5) is 0. The van der Waals surface area contributed by atoms with Gasteiger partial charge in [0.05, 0.1) is 7.11 Å². The summed E-state index contributed by atoms with van der Waals surface area (Å²) in [5.41, 5.74) is 4.30. The summed E-state index contributed by atoms with van der Waals surface area (Å²) in [7, 11) is 1.72. The van der Waals surface area contributed by atoms with E-state index in [1.807, 2.05) is 6.07 Å². The number of ether oxygens (including phenoxy) is 1. The number of fused-ring (bicyclic) bond motifs is 1. The lowest BCUT2D eigenvalue weighted by molar-refractivity contribution is 0.414. The molecule has 0 N–H and O–H groups in total. The minimum atomic E-state index is 0.949. The second-order valence-electron chi connectivity index (χ2n) is 3.81. The number of methoxy groups -OCH3 is 1. The van der Waals surface area contributed by atoms with Gasteiger partial charge in [0, 0.05) is 5.33 Å². The molecule has 0 atom stereocenters. The van der Waals surface area contributed by atoms with Gasteiger partial charge in [-0.05, 0) is 42.5 Å². The molecule has 1 aliphatic rings. The summed E-state index contributed by atoms with van der Waals surface area (Å²) in [6.45, 7) is 0. The summed E-state index contributed by atoms with van der Waals surface area (Å²) in [6, 6.07) is 6.35. The third kappa shape index (κ3) is 2.43. The first-order valence-electron chi connectivity index (χ1n) is 5.26. The Balaban J connectivity index is 2.30. The third-order valence-electron chi connectivity index (χ3n) is 2.84. The lowest BCUT2D eigenvalue weighted by Gasteiger charge is -2.16. The van der Waals surface area contributed by atoms with Crippen LogP contribution >= 0.6 is 15.9 Å². The zero-order valence-corrected chi connectivity index (χ0v) is 10.5. The van der Waals surface area contributed by atoms with Crippen molar-refractivity contribution in [1.82, 2.24) is 0 Å². The van der Waals surface area contributed by atoms with Gasteiger partial charge in [-0.15, -0.1) is 0 Å². The zero-order valence-electron chi connectivity index (χ0n) is 8.92. The van der Waals surface area contributed by atoms with Gasteiger partial charge in [0.25, 0.3) is 0 Å². The van der Waals surface area contributed by atoms with Crippen molar-refractivity contribution in [3.8, 4) is 5.75 Å². The Morgan fingerprint density at radius 3 is 2.93 bits per heavy atom. The molecule has 2 rings (SSSR count). The molecule has 0 saturated carbocycles. The molecule has 0 aliphatic heterocycles. The first-order chi connectivity index (χ1) is 7.33. The molecule has 0 unspecified atom stereocenters. The summed E-state index contributed by atoms with van der Waals surface area (Å²) in [5, 5.41) is 1.05. The number of rotatable bonds is 3. The fourth-order valence-corrected chi connectivity index (χ4v) is 2.48. The van der Waals surface area contributed by atoms with Crippen LogP contribution in [0.5, 0.6) is 5.75 Å². The predicted octanol–water partition coefficient (Wildman–Crippen LogP) is 3.81. The Hall–Kier alpha value is -0.760. The smallest absolute Gasteiger partial charge is 0.119 e. The summed E-state index contributed by atoms with van der Waals surface area (Å²) in [6.07, 6.45) is 5.82. The van der Waals surface area contributed by atoms with Gasteiger partial charge < -0.3 is 4.74 Å². The molecule has 1 aromatic rings. The van der Waals surface area contributed by atoms with Crippen LogP contribution in [0.4, 0.5) is 0 Å². The molecule has 15 heavy (non-hydrogen) atoms. The fraction of sp³-hybridized carbons (Fsp3) is 0.385. The highest BCUT2D eigenvalue weighted by atomic mass is 79.9. The van der Waals surface area contributed by atoms with Gasteiger partial charge in [-0.25, -0.2) is 0 Å². The largest absolute Gasteiger partial charge is 0.497 e. The van der Waals surface area contributed by atoms with Crippen LogP contribution in [0, 0.1) is 0 Å². The maximum atomic E-state index is 5.24. The number of alkyl halides is 1. The third-order valence-corrected chi connectivity index (χ3v) is 3.24. The predicted molar refractivity (Wildman–Crippen MR) is 67.7 cm³/mol. The highest BCUT2D eigenvalue weighted by Crippen LogP contribution is 2.28. The molecule has 0 heterocycles. The monoisotopic (exact) mass is 266 g/mol. The van der Waals surface area contributed by atoms with Crippen LogP contribution in [0.25, 0.3) is 6.08 Å². The fourth-order valence-electron chi connectivity index (χ4n) is 1.97. The van der Waals surface area contributed by atoms with Crippen molar-refractivity contribution in [1.29, 1.82) is 0 Å². The van der Waals surface area contributed by atoms with Crippen LogP contribution in [-0.2, 0) is 6.42 Å². The van der Waals surface area contributed by atoms with E-state index < -0.39 is 0 Å². The van der Waals surface area contributed by atoms with Crippen molar-refractivity contribution >= 4 is 22.0 Å². The van der Waals surface area contributed by atoms with E-state index in [2.05, 4.69) is 34.1 Å². The second-order valence-corrected chi connectivity index (χ2v) is 4.60. The molecule has 0 bridgehead atoms. The van der Waals surface area contributed by atoms with Crippen molar-refractivity contribution in [2.75, 3.05) is 12.4 Å². The van der Waals surface area contributed by atoms with Crippen LogP contribution in [0.3, 0.4) is 0 Å². The molecule has 0 fully saturated rings. The van der Waals surface area contributed by atoms with E-state index in [-0.39, 0.29) is 0 Å². The maximum Gasteiger partial charge on any atom is 0.119 e. The van der Waals surface area contributed by atoms with Crippen molar-refractivity contribution in [3.63, 3.8) is 0 Å². The molecule has 2 heteroatoms. The number of hydrogen-bond donors (Lipinski definition) is 0. The average molecular weight is 267 g/mol. The van der Waals surface area contributed by atoms with Gasteiger partial charge in [0.15, 0.2) is 0 Å². The van der Waals surface area contributed by atoms with Crippen LogP contribution in [-0.4, -0.2) is 12.4 Å². The van der Waals surface area contributed by atoms with Gasteiger partial charge in [0.1, 0.15) is 5.75 Å². The number of aryl methyl sites for hydroxylation is 1. The molecule has 1 nitrogen and oxygen atoms in total. The summed E-state index contributed by atoms with van der Waals surface area (Å²) in [5.74, 6) is 0.949. The van der Waals surface area contributed by atoms with Crippen molar-refractivity contribution < 1.29 is 4.74 Å². The summed E-state index contributed by atoms with van der Waals surface area (Å²) >= 11 is 3.49. The maximum absolute atomic E-state index is 5.24. The second kappa shape index (κ2) is 4.84. The molecule has 0 amide bonds. The van der Waals surface area contributed by atoms with E-state index in [4.69, 9.17) is 4.74 Å². The topological polar surface area (TPSA) is 9.23 Å². The zero-order chi connectivity index (χ0) is 10.7. The minimum absolute atomic E-state index is 0.949. The Bertz CT molecular complexity index is 382. The van der Waals surface area contributed by atoms with E-state index in [0.717, 1.165) is 23.9 Å². The molecule has 1 aromatic carbocycles. The Morgan fingerprint density at radius 2 is 2.20 bits per heavy atom. The Kier molecular flexibility index (Phi) is 3.47. The van der Waals surface area contributed by atoms with Gasteiger partial charge in [-0.3, -0.25) is 0 Å². The van der Waals surface area contributed by atoms with E-state index in [1.54, 1.807) is 7.11 Å². The molecule has 0 spiro atoms. The molecule has 0 aromatic heterocycles. The van der Waals surface area contributed by atoms with Gasteiger partial charge in [-0.2, -0.15) is 0 Å².